The number of aryl methyl sites for hydroxylation is 1. The molecule has 3 heteroatoms. The van der Waals surface area contributed by atoms with Gasteiger partial charge in [0.15, 0.2) is 11.7 Å². The Balaban J connectivity index is 1.86. The molecule has 0 aromatic heterocycles. The number of allylic oxidation sites excluding steroid dienone is 1. The van der Waals surface area contributed by atoms with Crippen molar-refractivity contribution in [3.8, 4) is 5.75 Å². The maximum atomic E-state index is 14.7. The highest BCUT2D eigenvalue weighted by molar-refractivity contribution is 5.90. The smallest absolute Gasteiger partial charge is 0.166 e. The standard InChI is InChI=1S/C25H24F2O/c1-3-5-15-28-23-14-13-20-16-22(12-11-21(20)17-23)25(27)24(26)19-9-7-18(6-4-2)8-10-19/h3,5,7-14,16-17H,4,6,15H2,1-2H3. The Hall–Kier alpha value is -2.94. The summed E-state index contributed by atoms with van der Waals surface area (Å²) in [6.45, 7) is 4.52. The Morgan fingerprint density at radius 2 is 1.50 bits per heavy atom. The fourth-order valence-corrected chi connectivity index (χ4v) is 3.05. The number of ether oxygens (including phenoxy) is 1. The zero-order valence-electron chi connectivity index (χ0n) is 16.2. The fraction of sp³-hybridized carbons (Fsp3) is 0.200. The van der Waals surface area contributed by atoms with E-state index >= 15 is 0 Å². The third-order valence-corrected chi connectivity index (χ3v) is 4.59. The monoisotopic (exact) mass is 378 g/mol. The molecule has 0 saturated carbocycles. The van der Waals surface area contributed by atoms with Crippen LogP contribution in [0, 0.1) is 0 Å². The van der Waals surface area contributed by atoms with Crippen molar-refractivity contribution in [1.82, 2.24) is 0 Å². The quantitative estimate of drug-likeness (QED) is 0.305. The van der Waals surface area contributed by atoms with E-state index in [1.807, 2.05) is 49.4 Å². The van der Waals surface area contributed by atoms with Gasteiger partial charge in [-0.1, -0.05) is 68.0 Å². The van der Waals surface area contributed by atoms with Crippen molar-refractivity contribution in [3.05, 3.63) is 89.5 Å². The molecule has 0 unspecified atom stereocenters. The third-order valence-electron chi connectivity index (χ3n) is 4.59. The molecule has 0 aliphatic heterocycles. The van der Waals surface area contributed by atoms with Gasteiger partial charge in [0.2, 0.25) is 0 Å². The van der Waals surface area contributed by atoms with E-state index in [1.165, 1.54) is 0 Å². The highest BCUT2D eigenvalue weighted by atomic mass is 19.2. The van der Waals surface area contributed by atoms with Crippen LogP contribution in [0.3, 0.4) is 0 Å². The van der Waals surface area contributed by atoms with Crippen molar-refractivity contribution in [2.45, 2.75) is 26.7 Å². The van der Waals surface area contributed by atoms with Gasteiger partial charge in [0.05, 0.1) is 0 Å². The van der Waals surface area contributed by atoms with Crippen LogP contribution in [0.5, 0.6) is 5.75 Å². The van der Waals surface area contributed by atoms with E-state index in [2.05, 4.69) is 6.92 Å². The predicted molar refractivity (Wildman–Crippen MR) is 114 cm³/mol. The van der Waals surface area contributed by atoms with Crippen LogP contribution >= 0.6 is 0 Å². The summed E-state index contributed by atoms with van der Waals surface area (Å²) in [5, 5.41) is 1.75. The molecule has 0 bridgehead atoms. The van der Waals surface area contributed by atoms with Crippen molar-refractivity contribution in [2.75, 3.05) is 6.61 Å². The van der Waals surface area contributed by atoms with Crippen molar-refractivity contribution in [3.63, 3.8) is 0 Å². The molecule has 3 rings (SSSR count). The van der Waals surface area contributed by atoms with E-state index in [0.717, 1.165) is 34.9 Å². The van der Waals surface area contributed by atoms with Crippen LogP contribution in [0.1, 0.15) is 37.0 Å². The lowest BCUT2D eigenvalue weighted by atomic mass is 10.0. The van der Waals surface area contributed by atoms with Crippen molar-refractivity contribution in [2.24, 2.45) is 0 Å². The van der Waals surface area contributed by atoms with Gasteiger partial charge in [-0.2, -0.15) is 0 Å². The first-order valence-electron chi connectivity index (χ1n) is 9.55. The average molecular weight is 378 g/mol. The van der Waals surface area contributed by atoms with E-state index in [0.29, 0.717) is 6.61 Å². The average Bonchev–Trinajstić information content (AvgIpc) is 2.73. The number of hydrogen-bond donors (Lipinski definition) is 0. The molecule has 28 heavy (non-hydrogen) atoms. The van der Waals surface area contributed by atoms with Gasteiger partial charge >= 0.3 is 0 Å². The van der Waals surface area contributed by atoms with Crippen LogP contribution in [-0.2, 0) is 6.42 Å². The molecule has 0 atom stereocenters. The molecule has 1 nitrogen and oxygen atoms in total. The first-order valence-corrected chi connectivity index (χ1v) is 9.55. The second kappa shape index (κ2) is 9.32. The minimum Gasteiger partial charge on any atom is -0.490 e. The highest BCUT2D eigenvalue weighted by Gasteiger charge is 2.12. The van der Waals surface area contributed by atoms with Crippen LogP contribution in [0.2, 0.25) is 0 Å². The fourth-order valence-electron chi connectivity index (χ4n) is 3.05. The van der Waals surface area contributed by atoms with Gasteiger partial charge in [-0.25, -0.2) is 8.78 Å². The third kappa shape index (κ3) is 4.66. The largest absolute Gasteiger partial charge is 0.490 e. The zero-order valence-corrected chi connectivity index (χ0v) is 16.2. The minimum atomic E-state index is -0.849. The van der Waals surface area contributed by atoms with Crippen LogP contribution in [0.15, 0.2) is 72.8 Å². The van der Waals surface area contributed by atoms with Crippen molar-refractivity contribution >= 4 is 22.4 Å². The SMILES string of the molecule is CC=CCOc1ccc2cc(C(F)=C(F)c3ccc(CCC)cc3)ccc2c1. The molecule has 0 spiro atoms. The molecular formula is C25H24F2O. The van der Waals surface area contributed by atoms with Crippen LogP contribution in [0.25, 0.3) is 22.4 Å². The first-order chi connectivity index (χ1) is 13.6. The van der Waals surface area contributed by atoms with Gasteiger partial charge in [0, 0.05) is 11.1 Å². The number of halogens is 2. The molecule has 0 amide bonds. The van der Waals surface area contributed by atoms with Crippen LogP contribution in [-0.4, -0.2) is 6.61 Å². The van der Waals surface area contributed by atoms with Crippen LogP contribution in [0.4, 0.5) is 8.78 Å². The van der Waals surface area contributed by atoms with E-state index in [9.17, 15) is 8.78 Å². The first kappa shape index (κ1) is 19.8. The van der Waals surface area contributed by atoms with E-state index in [4.69, 9.17) is 4.74 Å². The van der Waals surface area contributed by atoms with Gasteiger partial charge < -0.3 is 4.74 Å². The second-order valence-electron chi connectivity index (χ2n) is 6.68. The van der Waals surface area contributed by atoms with Crippen molar-refractivity contribution in [1.29, 1.82) is 0 Å². The lowest BCUT2D eigenvalue weighted by Gasteiger charge is -2.07. The van der Waals surface area contributed by atoms with Gasteiger partial charge in [-0.3, -0.25) is 0 Å². The molecule has 0 saturated heterocycles. The maximum Gasteiger partial charge on any atom is 0.166 e. The predicted octanol–water partition coefficient (Wildman–Crippen LogP) is 7.51. The molecular weight excluding hydrogens is 354 g/mol. The van der Waals surface area contributed by atoms with Crippen LogP contribution < -0.4 is 4.74 Å². The molecule has 0 fully saturated rings. The number of hydrogen-bond acceptors (Lipinski definition) is 1. The van der Waals surface area contributed by atoms with E-state index in [-0.39, 0.29) is 11.1 Å². The molecule has 3 aromatic rings. The lowest BCUT2D eigenvalue weighted by molar-refractivity contribution is 0.363. The summed E-state index contributed by atoms with van der Waals surface area (Å²) in [6.07, 6.45) is 5.80. The molecule has 0 heterocycles. The summed E-state index contributed by atoms with van der Waals surface area (Å²) in [6, 6.07) is 17.6. The van der Waals surface area contributed by atoms with Gasteiger partial charge in [0.1, 0.15) is 12.4 Å². The summed E-state index contributed by atoms with van der Waals surface area (Å²) < 4.78 is 35.0. The summed E-state index contributed by atoms with van der Waals surface area (Å²) in [5.74, 6) is -0.944. The summed E-state index contributed by atoms with van der Waals surface area (Å²) in [5.41, 5.74) is 1.60. The van der Waals surface area contributed by atoms with Gasteiger partial charge in [0.25, 0.3) is 0 Å². The maximum absolute atomic E-state index is 14.7. The number of fused-ring (bicyclic) bond motifs is 1. The topological polar surface area (TPSA) is 9.23 Å². The minimum absolute atomic E-state index is 0.227. The molecule has 0 radical (unpaired) electrons. The number of rotatable bonds is 7. The molecule has 0 aliphatic carbocycles. The Labute approximate surface area is 165 Å². The molecule has 0 N–H and O–H groups in total. The molecule has 144 valence electrons. The normalized spacial score (nSPS) is 12.4. The van der Waals surface area contributed by atoms with E-state index in [1.54, 1.807) is 30.3 Å². The molecule has 3 aromatic carbocycles. The Morgan fingerprint density at radius 3 is 2.21 bits per heavy atom. The summed E-state index contributed by atoms with van der Waals surface area (Å²) in [7, 11) is 0. The Kier molecular flexibility index (Phi) is 6.59. The zero-order chi connectivity index (χ0) is 19.9. The lowest BCUT2D eigenvalue weighted by Crippen LogP contribution is -1.93. The van der Waals surface area contributed by atoms with Crippen molar-refractivity contribution < 1.29 is 13.5 Å². The summed E-state index contributed by atoms with van der Waals surface area (Å²) >= 11 is 0. The number of benzene rings is 3. The van der Waals surface area contributed by atoms with Gasteiger partial charge in [-0.15, -0.1) is 0 Å². The van der Waals surface area contributed by atoms with Gasteiger partial charge in [-0.05, 0) is 47.9 Å². The molecule has 0 aliphatic rings. The summed E-state index contributed by atoms with van der Waals surface area (Å²) in [4.78, 5) is 0. The Bertz CT molecular complexity index is 1000. The second-order valence-corrected chi connectivity index (χ2v) is 6.68. The Morgan fingerprint density at radius 1 is 0.857 bits per heavy atom. The highest BCUT2D eigenvalue weighted by Crippen LogP contribution is 2.31. The van der Waals surface area contributed by atoms with E-state index < -0.39 is 11.7 Å².